The molecule has 1 aliphatic rings. The SMILES string of the molecule is NNC(=O)[C@H]1OCCc2ccccc21. The van der Waals surface area contributed by atoms with Crippen LogP contribution in [0.2, 0.25) is 0 Å². The molecule has 1 amide bonds. The number of hydrogen-bond donors (Lipinski definition) is 2. The number of nitrogens with one attached hydrogen (secondary N) is 1. The average molecular weight is 192 g/mol. The summed E-state index contributed by atoms with van der Waals surface area (Å²) in [6, 6.07) is 7.76. The molecule has 2 rings (SSSR count). The van der Waals surface area contributed by atoms with Crippen LogP contribution in [0.3, 0.4) is 0 Å². The van der Waals surface area contributed by atoms with Gasteiger partial charge in [0.15, 0.2) is 6.10 Å². The molecule has 4 nitrogen and oxygen atoms in total. The van der Waals surface area contributed by atoms with Crippen molar-refractivity contribution in [3.63, 3.8) is 0 Å². The molecule has 0 aliphatic carbocycles. The number of fused-ring (bicyclic) bond motifs is 1. The fourth-order valence-electron chi connectivity index (χ4n) is 1.69. The molecule has 1 aromatic carbocycles. The van der Waals surface area contributed by atoms with E-state index in [1.54, 1.807) is 0 Å². The van der Waals surface area contributed by atoms with Crippen molar-refractivity contribution in [3.05, 3.63) is 35.4 Å². The highest BCUT2D eigenvalue weighted by Crippen LogP contribution is 2.26. The standard InChI is InChI=1S/C10H12N2O2/c11-12-10(13)9-8-4-2-1-3-7(8)5-6-14-9/h1-4,9H,5-6,11H2,(H,12,13)/t9-/m0/s1. The summed E-state index contributed by atoms with van der Waals surface area (Å²) in [5.74, 6) is 4.79. The molecule has 1 atom stereocenters. The lowest BCUT2D eigenvalue weighted by atomic mass is 9.97. The van der Waals surface area contributed by atoms with E-state index in [-0.39, 0.29) is 5.91 Å². The molecular weight excluding hydrogens is 180 g/mol. The molecule has 0 radical (unpaired) electrons. The summed E-state index contributed by atoms with van der Waals surface area (Å²) in [4.78, 5) is 11.4. The number of ether oxygens (including phenoxy) is 1. The Hall–Kier alpha value is -1.39. The van der Waals surface area contributed by atoms with Gasteiger partial charge >= 0.3 is 0 Å². The molecule has 0 fully saturated rings. The zero-order valence-corrected chi connectivity index (χ0v) is 7.69. The van der Waals surface area contributed by atoms with Crippen molar-refractivity contribution in [1.82, 2.24) is 5.43 Å². The van der Waals surface area contributed by atoms with Gasteiger partial charge in [0.25, 0.3) is 5.91 Å². The van der Waals surface area contributed by atoms with Gasteiger partial charge in [0, 0.05) is 0 Å². The van der Waals surface area contributed by atoms with Crippen LogP contribution in [0.1, 0.15) is 17.2 Å². The lowest BCUT2D eigenvalue weighted by Gasteiger charge is -2.24. The molecule has 74 valence electrons. The molecule has 1 aliphatic heterocycles. The fraction of sp³-hybridized carbons (Fsp3) is 0.300. The second-order valence-electron chi connectivity index (χ2n) is 3.21. The number of amides is 1. The zero-order valence-electron chi connectivity index (χ0n) is 7.69. The van der Waals surface area contributed by atoms with E-state index in [2.05, 4.69) is 5.43 Å². The van der Waals surface area contributed by atoms with Crippen LogP contribution in [0.15, 0.2) is 24.3 Å². The minimum Gasteiger partial charge on any atom is -0.363 e. The van der Waals surface area contributed by atoms with Gasteiger partial charge in [-0.05, 0) is 17.5 Å². The molecule has 14 heavy (non-hydrogen) atoms. The Morgan fingerprint density at radius 2 is 2.29 bits per heavy atom. The molecule has 0 spiro atoms. The summed E-state index contributed by atoms with van der Waals surface area (Å²) in [5.41, 5.74) is 4.19. The van der Waals surface area contributed by atoms with Gasteiger partial charge in [-0.15, -0.1) is 0 Å². The Bertz CT molecular complexity index is 352. The second kappa shape index (κ2) is 3.77. The number of carbonyl (C=O) groups excluding carboxylic acids is 1. The van der Waals surface area contributed by atoms with Crippen LogP contribution in [0.25, 0.3) is 0 Å². The predicted molar refractivity (Wildman–Crippen MR) is 51.2 cm³/mol. The predicted octanol–water partition coefficient (Wildman–Crippen LogP) is 0.290. The first kappa shape index (κ1) is 9.18. The number of benzene rings is 1. The molecule has 0 bridgehead atoms. The van der Waals surface area contributed by atoms with E-state index in [4.69, 9.17) is 10.6 Å². The molecule has 0 aromatic heterocycles. The number of hydrogen-bond acceptors (Lipinski definition) is 3. The minimum absolute atomic E-state index is 0.294. The molecule has 4 heteroatoms. The van der Waals surface area contributed by atoms with Gasteiger partial charge in [0.05, 0.1) is 6.61 Å². The van der Waals surface area contributed by atoms with E-state index in [1.165, 1.54) is 0 Å². The first-order valence-corrected chi connectivity index (χ1v) is 4.53. The topological polar surface area (TPSA) is 64.3 Å². The Morgan fingerprint density at radius 1 is 1.50 bits per heavy atom. The Labute approximate surface area is 82.0 Å². The summed E-state index contributed by atoms with van der Waals surface area (Å²) >= 11 is 0. The molecular formula is C10H12N2O2. The van der Waals surface area contributed by atoms with Crippen LogP contribution in [-0.4, -0.2) is 12.5 Å². The summed E-state index contributed by atoms with van der Waals surface area (Å²) in [6.45, 7) is 0.565. The summed E-state index contributed by atoms with van der Waals surface area (Å²) in [6.07, 6.45) is 0.301. The third-order valence-electron chi connectivity index (χ3n) is 2.37. The van der Waals surface area contributed by atoms with Crippen LogP contribution in [0.4, 0.5) is 0 Å². The van der Waals surface area contributed by atoms with E-state index >= 15 is 0 Å². The largest absolute Gasteiger partial charge is 0.363 e. The molecule has 3 N–H and O–H groups in total. The fourth-order valence-corrected chi connectivity index (χ4v) is 1.69. The van der Waals surface area contributed by atoms with Crippen LogP contribution in [-0.2, 0) is 16.0 Å². The van der Waals surface area contributed by atoms with Crippen molar-refractivity contribution in [2.45, 2.75) is 12.5 Å². The van der Waals surface area contributed by atoms with Crippen LogP contribution >= 0.6 is 0 Å². The van der Waals surface area contributed by atoms with Gasteiger partial charge in [-0.2, -0.15) is 0 Å². The number of carbonyl (C=O) groups is 1. The number of hydrazine groups is 1. The molecule has 0 unspecified atom stereocenters. The minimum atomic E-state index is -0.551. The second-order valence-corrected chi connectivity index (χ2v) is 3.21. The van der Waals surface area contributed by atoms with Crippen molar-refractivity contribution >= 4 is 5.91 Å². The van der Waals surface area contributed by atoms with Crippen LogP contribution < -0.4 is 11.3 Å². The van der Waals surface area contributed by atoms with Gasteiger partial charge in [-0.1, -0.05) is 24.3 Å². The lowest BCUT2D eigenvalue weighted by molar-refractivity contribution is -0.134. The normalized spacial score (nSPS) is 19.9. The van der Waals surface area contributed by atoms with Crippen LogP contribution in [0, 0.1) is 0 Å². The van der Waals surface area contributed by atoms with Gasteiger partial charge in [-0.25, -0.2) is 5.84 Å². The summed E-state index contributed by atoms with van der Waals surface area (Å²) < 4.78 is 5.37. The maximum atomic E-state index is 11.4. The monoisotopic (exact) mass is 192 g/mol. The van der Waals surface area contributed by atoms with Crippen LogP contribution in [0.5, 0.6) is 0 Å². The van der Waals surface area contributed by atoms with Gasteiger partial charge < -0.3 is 4.74 Å². The third kappa shape index (κ3) is 1.49. The van der Waals surface area contributed by atoms with Gasteiger partial charge in [0.2, 0.25) is 0 Å². The summed E-state index contributed by atoms with van der Waals surface area (Å²) in [5, 5.41) is 0. The van der Waals surface area contributed by atoms with E-state index in [1.807, 2.05) is 24.3 Å². The van der Waals surface area contributed by atoms with Crippen molar-refractivity contribution in [2.24, 2.45) is 5.84 Å². The number of rotatable bonds is 1. The van der Waals surface area contributed by atoms with Gasteiger partial charge in [0.1, 0.15) is 0 Å². The quantitative estimate of drug-likeness (QED) is 0.382. The lowest BCUT2D eigenvalue weighted by Crippen LogP contribution is -2.37. The van der Waals surface area contributed by atoms with Crippen molar-refractivity contribution in [3.8, 4) is 0 Å². The van der Waals surface area contributed by atoms with Crippen molar-refractivity contribution in [1.29, 1.82) is 0 Å². The third-order valence-corrected chi connectivity index (χ3v) is 2.37. The highest BCUT2D eigenvalue weighted by molar-refractivity contribution is 5.82. The van der Waals surface area contributed by atoms with Crippen molar-refractivity contribution in [2.75, 3.05) is 6.61 Å². The maximum absolute atomic E-state index is 11.4. The van der Waals surface area contributed by atoms with E-state index in [0.29, 0.717) is 6.61 Å². The Balaban J connectivity index is 2.35. The summed E-state index contributed by atoms with van der Waals surface area (Å²) in [7, 11) is 0. The average Bonchev–Trinajstić information content (AvgIpc) is 2.27. The number of nitrogens with two attached hydrogens (primary N) is 1. The first-order chi connectivity index (χ1) is 6.83. The van der Waals surface area contributed by atoms with E-state index < -0.39 is 6.10 Å². The first-order valence-electron chi connectivity index (χ1n) is 4.53. The van der Waals surface area contributed by atoms with Gasteiger partial charge in [-0.3, -0.25) is 10.2 Å². The van der Waals surface area contributed by atoms with E-state index in [0.717, 1.165) is 17.5 Å². The molecule has 0 saturated heterocycles. The maximum Gasteiger partial charge on any atom is 0.267 e. The Morgan fingerprint density at radius 3 is 3.07 bits per heavy atom. The Kier molecular flexibility index (Phi) is 2.47. The zero-order chi connectivity index (χ0) is 9.97. The van der Waals surface area contributed by atoms with E-state index in [9.17, 15) is 4.79 Å². The van der Waals surface area contributed by atoms with Crippen molar-refractivity contribution < 1.29 is 9.53 Å². The molecule has 1 heterocycles. The smallest absolute Gasteiger partial charge is 0.267 e. The highest BCUT2D eigenvalue weighted by Gasteiger charge is 2.26. The molecule has 0 saturated carbocycles. The highest BCUT2D eigenvalue weighted by atomic mass is 16.5. The molecule has 1 aromatic rings.